The maximum Gasteiger partial charge on any atom is 0.272 e. The molecule has 0 saturated carbocycles. The first-order valence-corrected chi connectivity index (χ1v) is 8.03. The largest absolute Gasteiger partial charge is 0.381 e. The second-order valence-corrected chi connectivity index (χ2v) is 6.23. The lowest BCUT2D eigenvalue weighted by Crippen LogP contribution is -2.41. The number of amides is 1. The Morgan fingerprint density at radius 1 is 1.35 bits per heavy atom. The van der Waals surface area contributed by atoms with Gasteiger partial charge in [0.25, 0.3) is 5.91 Å². The third-order valence-electron chi connectivity index (χ3n) is 4.65. The molecule has 1 N–H and O–H groups in total. The molecule has 8 heteroatoms. The highest BCUT2D eigenvalue weighted by atomic mass is 16.5. The summed E-state index contributed by atoms with van der Waals surface area (Å²) in [7, 11) is 0. The number of aromatic amines is 1. The molecule has 0 spiro atoms. The van der Waals surface area contributed by atoms with E-state index in [1.807, 2.05) is 0 Å². The molecule has 0 aliphatic carbocycles. The number of nitrogens with zero attached hydrogens (tertiary/aromatic N) is 5. The molecule has 1 saturated heterocycles. The fraction of sp³-hybridized carbons (Fsp3) is 0.600. The SMILES string of the molecule is C[C@H]1CN(C(=O)c2cnc[nH]2)Cc2nnc(C3CCOCC3)n21. The van der Waals surface area contributed by atoms with Crippen LogP contribution in [0, 0.1) is 0 Å². The van der Waals surface area contributed by atoms with Crippen molar-refractivity contribution in [2.24, 2.45) is 0 Å². The molecule has 1 fully saturated rings. The number of fused-ring (bicyclic) bond motifs is 1. The van der Waals surface area contributed by atoms with Crippen LogP contribution in [0.2, 0.25) is 0 Å². The number of rotatable bonds is 2. The number of nitrogens with one attached hydrogen (secondary N) is 1. The molecule has 2 aromatic rings. The maximum atomic E-state index is 12.5. The van der Waals surface area contributed by atoms with Gasteiger partial charge in [-0.25, -0.2) is 4.98 Å². The highest BCUT2D eigenvalue weighted by molar-refractivity contribution is 5.92. The zero-order chi connectivity index (χ0) is 15.8. The van der Waals surface area contributed by atoms with Gasteiger partial charge in [-0.15, -0.1) is 10.2 Å². The van der Waals surface area contributed by atoms with Gasteiger partial charge in [-0.3, -0.25) is 4.79 Å². The van der Waals surface area contributed by atoms with Crippen molar-refractivity contribution in [3.8, 4) is 0 Å². The Balaban J connectivity index is 1.58. The van der Waals surface area contributed by atoms with Crippen LogP contribution >= 0.6 is 0 Å². The summed E-state index contributed by atoms with van der Waals surface area (Å²) in [6, 6.07) is 0.165. The predicted molar refractivity (Wildman–Crippen MR) is 80.9 cm³/mol. The van der Waals surface area contributed by atoms with Gasteiger partial charge in [0.15, 0.2) is 5.82 Å². The molecular weight excluding hydrogens is 296 g/mol. The van der Waals surface area contributed by atoms with E-state index in [-0.39, 0.29) is 11.9 Å². The Bertz CT molecular complexity index is 689. The normalized spacial score (nSPS) is 22.1. The minimum absolute atomic E-state index is 0.0452. The van der Waals surface area contributed by atoms with Crippen LogP contribution in [-0.2, 0) is 11.3 Å². The van der Waals surface area contributed by atoms with E-state index in [9.17, 15) is 4.79 Å². The van der Waals surface area contributed by atoms with Crippen LogP contribution in [0.5, 0.6) is 0 Å². The first-order chi connectivity index (χ1) is 11.2. The van der Waals surface area contributed by atoms with Crippen molar-refractivity contribution in [1.82, 2.24) is 29.6 Å². The lowest BCUT2D eigenvalue weighted by atomic mass is 9.99. The Kier molecular flexibility index (Phi) is 3.60. The summed E-state index contributed by atoms with van der Waals surface area (Å²) >= 11 is 0. The monoisotopic (exact) mass is 316 g/mol. The molecule has 2 aromatic heterocycles. The van der Waals surface area contributed by atoms with E-state index < -0.39 is 0 Å². The molecule has 2 aliphatic heterocycles. The van der Waals surface area contributed by atoms with Crippen LogP contribution in [0.15, 0.2) is 12.5 Å². The summed E-state index contributed by atoms with van der Waals surface area (Å²) in [4.78, 5) is 21.1. The number of hydrogen-bond acceptors (Lipinski definition) is 5. The standard InChI is InChI=1S/C15H20N6O2/c1-10-7-20(15(22)12-6-16-9-17-12)8-13-18-19-14(21(10)13)11-2-4-23-5-3-11/h6,9-11H,2-5,7-8H2,1H3,(H,16,17)/t10-/m0/s1. The summed E-state index contributed by atoms with van der Waals surface area (Å²) in [5.74, 6) is 2.26. The van der Waals surface area contributed by atoms with Crippen molar-refractivity contribution in [3.05, 3.63) is 29.9 Å². The number of hydrogen-bond donors (Lipinski definition) is 1. The van der Waals surface area contributed by atoms with E-state index in [1.54, 1.807) is 11.1 Å². The van der Waals surface area contributed by atoms with Crippen LogP contribution in [0.25, 0.3) is 0 Å². The lowest BCUT2D eigenvalue weighted by Gasteiger charge is -2.33. The average molecular weight is 316 g/mol. The number of H-pyrrole nitrogens is 1. The van der Waals surface area contributed by atoms with Crippen molar-refractivity contribution in [2.75, 3.05) is 19.8 Å². The van der Waals surface area contributed by atoms with Crippen molar-refractivity contribution < 1.29 is 9.53 Å². The Hall–Kier alpha value is -2.22. The van der Waals surface area contributed by atoms with Gasteiger partial charge in [0.05, 0.1) is 25.1 Å². The molecule has 0 bridgehead atoms. The zero-order valence-corrected chi connectivity index (χ0v) is 13.1. The summed E-state index contributed by atoms with van der Waals surface area (Å²) in [5.41, 5.74) is 0.509. The third kappa shape index (κ3) is 2.52. The minimum Gasteiger partial charge on any atom is -0.381 e. The van der Waals surface area contributed by atoms with Gasteiger partial charge >= 0.3 is 0 Å². The number of carbonyl (C=O) groups is 1. The second-order valence-electron chi connectivity index (χ2n) is 6.23. The Morgan fingerprint density at radius 3 is 2.91 bits per heavy atom. The summed E-state index contributed by atoms with van der Waals surface area (Å²) in [6.45, 7) is 4.82. The van der Waals surface area contributed by atoms with Gasteiger partial charge in [0, 0.05) is 25.7 Å². The summed E-state index contributed by atoms with van der Waals surface area (Å²) in [5, 5.41) is 8.78. The van der Waals surface area contributed by atoms with Gasteiger partial charge in [0.2, 0.25) is 0 Å². The topological polar surface area (TPSA) is 88.9 Å². The third-order valence-corrected chi connectivity index (χ3v) is 4.65. The van der Waals surface area contributed by atoms with E-state index in [0.717, 1.165) is 37.7 Å². The van der Waals surface area contributed by atoms with Gasteiger partial charge in [-0.2, -0.15) is 0 Å². The first kappa shape index (κ1) is 14.4. The van der Waals surface area contributed by atoms with Gasteiger partial charge in [-0.05, 0) is 19.8 Å². The molecule has 0 unspecified atom stereocenters. The molecular formula is C15H20N6O2. The number of aromatic nitrogens is 5. The Morgan fingerprint density at radius 2 is 2.17 bits per heavy atom. The zero-order valence-electron chi connectivity index (χ0n) is 13.1. The van der Waals surface area contributed by atoms with Gasteiger partial charge < -0.3 is 19.2 Å². The van der Waals surface area contributed by atoms with E-state index in [2.05, 4.69) is 31.7 Å². The molecule has 4 rings (SSSR count). The van der Waals surface area contributed by atoms with Crippen LogP contribution < -0.4 is 0 Å². The molecule has 1 atom stereocenters. The van der Waals surface area contributed by atoms with Gasteiger partial charge in [0.1, 0.15) is 11.5 Å². The van der Waals surface area contributed by atoms with E-state index in [4.69, 9.17) is 4.74 Å². The van der Waals surface area contributed by atoms with Crippen molar-refractivity contribution in [1.29, 1.82) is 0 Å². The van der Waals surface area contributed by atoms with Crippen molar-refractivity contribution in [3.63, 3.8) is 0 Å². The second kappa shape index (κ2) is 5.77. The van der Waals surface area contributed by atoms with Crippen LogP contribution in [0.1, 0.15) is 53.9 Å². The molecule has 0 aromatic carbocycles. The quantitative estimate of drug-likeness (QED) is 0.896. The van der Waals surface area contributed by atoms with Crippen LogP contribution in [-0.4, -0.2) is 55.3 Å². The highest BCUT2D eigenvalue weighted by Crippen LogP contribution is 2.31. The summed E-state index contributed by atoms with van der Waals surface area (Å²) in [6.07, 6.45) is 5.05. The maximum absolute atomic E-state index is 12.5. The van der Waals surface area contributed by atoms with Crippen LogP contribution in [0.4, 0.5) is 0 Å². The van der Waals surface area contributed by atoms with Crippen molar-refractivity contribution in [2.45, 2.75) is 38.3 Å². The van der Waals surface area contributed by atoms with Crippen molar-refractivity contribution >= 4 is 5.91 Å². The lowest BCUT2D eigenvalue weighted by molar-refractivity contribution is 0.0663. The van der Waals surface area contributed by atoms with E-state index in [0.29, 0.717) is 24.7 Å². The molecule has 4 heterocycles. The molecule has 8 nitrogen and oxygen atoms in total. The van der Waals surface area contributed by atoms with Gasteiger partial charge in [-0.1, -0.05) is 0 Å². The van der Waals surface area contributed by atoms with Crippen LogP contribution in [0.3, 0.4) is 0 Å². The highest BCUT2D eigenvalue weighted by Gasteiger charge is 2.32. The number of carbonyl (C=O) groups excluding carboxylic acids is 1. The number of imidazole rings is 1. The minimum atomic E-state index is -0.0452. The molecule has 122 valence electrons. The fourth-order valence-corrected chi connectivity index (χ4v) is 3.49. The van der Waals surface area contributed by atoms with E-state index in [1.165, 1.54) is 6.33 Å². The first-order valence-electron chi connectivity index (χ1n) is 8.03. The molecule has 1 amide bonds. The Labute approximate surface area is 133 Å². The molecule has 23 heavy (non-hydrogen) atoms. The molecule has 0 radical (unpaired) electrons. The number of ether oxygens (including phenoxy) is 1. The smallest absolute Gasteiger partial charge is 0.272 e. The molecule has 2 aliphatic rings. The summed E-state index contributed by atoms with van der Waals surface area (Å²) < 4.78 is 7.65. The fourth-order valence-electron chi connectivity index (χ4n) is 3.49. The van der Waals surface area contributed by atoms with E-state index >= 15 is 0 Å². The predicted octanol–water partition coefficient (Wildman–Crippen LogP) is 1.11. The average Bonchev–Trinajstić information content (AvgIpc) is 3.24.